The van der Waals surface area contributed by atoms with E-state index in [0.717, 1.165) is 42.1 Å². The molecule has 6 nitrogen and oxygen atoms in total. The Kier molecular flexibility index (Phi) is 5.21. The molecule has 2 aromatic carbocycles. The second-order valence-corrected chi connectivity index (χ2v) is 8.40. The third-order valence-electron chi connectivity index (χ3n) is 6.53. The molecule has 0 spiro atoms. The first kappa shape index (κ1) is 20.4. The lowest BCUT2D eigenvalue weighted by Gasteiger charge is -2.31. The number of benzene rings is 2. The van der Waals surface area contributed by atoms with Crippen molar-refractivity contribution in [2.45, 2.75) is 44.7 Å². The van der Waals surface area contributed by atoms with Crippen molar-refractivity contribution in [2.75, 3.05) is 6.61 Å². The number of carbonyl (C=O) groups excluding carboxylic acids is 2. The van der Waals surface area contributed by atoms with E-state index in [1.807, 2.05) is 55.5 Å². The second-order valence-electron chi connectivity index (χ2n) is 8.40. The van der Waals surface area contributed by atoms with Gasteiger partial charge in [0.1, 0.15) is 11.5 Å². The number of aromatic amines is 1. The fraction of sp³-hybridized carbons (Fsp3) is 0.308. The number of nitrogens with zero attached hydrogens (tertiary/aromatic N) is 1. The lowest BCUT2D eigenvalue weighted by atomic mass is 9.94. The first-order valence-corrected chi connectivity index (χ1v) is 11.2. The quantitative estimate of drug-likeness (QED) is 0.342. The van der Waals surface area contributed by atoms with E-state index in [-0.39, 0.29) is 17.4 Å². The number of aliphatic hydroxyl groups excluding tert-OH is 1. The summed E-state index contributed by atoms with van der Waals surface area (Å²) < 4.78 is 5.67. The van der Waals surface area contributed by atoms with Gasteiger partial charge in [0, 0.05) is 28.7 Å². The Morgan fingerprint density at radius 2 is 1.91 bits per heavy atom. The number of hydrogen-bond donors (Lipinski definition) is 2. The van der Waals surface area contributed by atoms with Crippen molar-refractivity contribution in [1.82, 2.24) is 9.88 Å². The van der Waals surface area contributed by atoms with Gasteiger partial charge in [0.2, 0.25) is 0 Å². The number of rotatable bonds is 5. The van der Waals surface area contributed by atoms with E-state index in [1.54, 1.807) is 11.1 Å². The number of nitrogens with one attached hydrogen (secondary N) is 1. The van der Waals surface area contributed by atoms with E-state index < -0.39 is 17.7 Å². The van der Waals surface area contributed by atoms with Crippen molar-refractivity contribution in [3.05, 3.63) is 71.4 Å². The predicted octanol–water partition coefficient (Wildman–Crippen LogP) is 4.93. The fourth-order valence-electron chi connectivity index (χ4n) is 5.09. The summed E-state index contributed by atoms with van der Waals surface area (Å²) in [5.41, 5.74) is 2.29. The van der Waals surface area contributed by atoms with Gasteiger partial charge in [-0.1, -0.05) is 43.2 Å². The second kappa shape index (κ2) is 8.19. The number of ether oxygens (including phenoxy) is 1. The maximum atomic E-state index is 13.3. The Hall–Kier alpha value is -3.54. The monoisotopic (exact) mass is 430 g/mol. The first-order valence-electron chi connectivity index (χ1n) is 11.2. The van der Waals surface area contributed by atoms with Gasteiger partial charge in [-0.2, -0.15) is 0 Å². The number of H-pyrrole nitrogens is 1. The van der Waals surface area contributed by atoms with Gasteiger partial charge < -0.3 is 19.7 Å². The van der Waals surface area contributed by atoms with Crippen molar-refractivity contribution in [3.8, 4) is 5.75 Å². The van der Waals surface area contributed by atoms with E-state index in [2.05, 4.69) is 4.98 Å². The van der Waals surface area contributed by atoms with Gasteiger partial charge in [-0.25, -0.2) is 0 Å². The number of aliphatic hydroxyl groups is 1. The largest absolute Gasteiger partial charge is 0.507 e. The molecule has 2 fully saturated rings. The van der Waals surface area contributed by atoms with Crippen molar-refractivity contribution >= 4 is 28.4 Å². The number of fused-ring (bicyclic) bond motifs is 1. The highest BCUT2D eigenvalue weighted by Gasteiger charge is 2.49. The molecule has 1 amide bonds. The zero-order valence-electron chi connectivity index (χ0n) is 18.0. The van der Waals surface area contributed by atoms with Crippen LogP contribution in [-0.4, -0.2) is 39.3 Å². The van der Waals surface area contributed by atoms with Crippen LogP contribution in [-0.2, 0) is 9.59 Å². The molecule has 1 aliphatic carbocycles. The summed E-state index contributed by atoms with van der Waals surface area (Å²) in [5.74, 6) is -0.640. The van der Waals surface area contributed by atoms with Gasteiger partial charge in [-0.05, 0) is 43.5 Å². The zero-order valence-corrected chi connectivity index (χ0v) is 18.0. The van der Waals surface area contributed by atoms with Crippen molar-refractivity contribution in [1.29, 1.82) is 0 Å². The number of Topliss-reactive ketones (excluding diaryl/α,β-unsaturated/α-hetero) is 1. The molecule has 5 rings (SSSR count). The number of amides is 1. The third-order valence-corrected chi connectivity index (χ3v) is 6.53. The number of aromatic nitrogens is 1. The van der Waals surface area contributed by atoms with Crippen LogP contribution in [0.2, 0.25) is 0 Å². The molecule has 2 heterocycles. The molecule has 1 saturated heterocycles. The van der Waals surface area contributed by atoms with Gasteiger partial charge in [-0.3, -0.25) is 9.59 Å². The lowest BCUT2D eigenvalue weighted by molar-refractivity contribution is -0.141. The third kappa shape index (κ3) is 3.27. The van der Waals surface area contributed by atoms with E-state index in [0.29, 0.717) is 17.9 Å². The normalized spacial score (nSPS) is 21.0. The van der Waals surface area contributed by atoms with Gasteiger partial charge in [0.15, 0.2) is 0 Å². The number of ketones is 1. The summed E-state index contributed by atoms with van der Waals surface area (Å²) in [6.07, 6.45) is 5.48. The molecule has 3 aromatic rings. The van der Waals surface area contributed by atoms with Crippen LogP contribution >= 0.6 is 0 Å². The molecule has 32 heavy (non-hydrogen) atoms. The minimum absolute atomic E-state index is 0.0135. The Balaban J connectivity index is 1.70. The molecule has 2 aliphatic rings. The van der Waals surface area contributed by atoms with E-state index >= 15 is 0 Å². The number of hydrogen-bond acceptors (Lipinski definition) is 4. The smallest absolute Gasteiger partial charge is 0.295 e. The number of para-hydroxylation sites is 1. The molecule has 1 atom stereocenters. The standard InChI is InChI=1S/C26H26N2O4/c1-2-32-18-11-7-8-16(14-18)23-22(25(30)26(31)28(23)17-9-3-4-10-17)24(29)20-15-27-21-13-6-5-12-19(20)21/h5-8,11-15,17,23,27,29H,2-4,9-10H2,1H3/b24-22-. The van der Waals surface area contributed by atoms with Gasteiger partial charge in [-0.15, -0.1) is 0 Å². The molecule has 2 N–H and O–H groups in total. The summed E-state index contributed by atoms with van der Waals surface area (Å²) in [4.78, 5) is 31.4. The highest BCUT2D eigenvalue weighted by molar-refractivity contribution is 6.46. The van der Waals surface area contributed by atoms with Crippen LogP contribution in [0.5, 0.6) is 5.75 Å². The Bertz CT molecular complexity index is 1220. The maximum absolute atomic E-state index is 13.3. The highest BCUT2D eigenvalue weighted by atomic mass is 16.5. The molecular weight excluding hydrogens is 404 g/mol. The molecular formula is C26H26N2O4. The molecule has 6 heteroatoms. The van der Waals surface area contributed by atoms with Crippen molar-refractivity contribution in [2.24, 2.45) is 0 Å². The Labute approximate surface area is 186 Å². The summed E-state index contributed by atoms with van der Waals surface area (Å²) in [7, 11) is 0. The average Bonchev–Trinajstić information content (AvgIpc) is 3.53. The van der Waals surface area contributed by atoms with Gasteiger partial charge in [0.05, 0.1) is 18.2 Å². The van der Waals surface area contributed by atoms with Crippen LogP contribution in [0.4, 0.5) is 0 Å². The van der Waals surface area contributed by atoms with Crippen molar-refractivity contribution < 1.29 is 19.4 Å². The van der Waals surface area contributed by atoms with Gasteiger partial charge in [0.25, 0.3) is 11.7 Å². The first-order chi connectivity index (χ1) is 15.6. The lowest BCUT2D eigenvalue weighted by Crippen LogP contribution is -2.37. The Morgan fingerprint density at radius 3 is 2.69 bits per heavy atom. The number of carbonyl (C=O) groups is 2. The summed E-state index contributed by atoms with van der Waals surface area (Å²) >= 11 is 0. The molecule has 1 saturated carbocycles. The predicted molar refractivity (Wildman–Crippen MR) is 122 cm³/mol. The SMILES string of the molecule is CCOc1cccc(C2/C(=C(/O)c3c[nH]c4ccccc34)C(=O)C(=O)N2C2CCCC2)c1. The number of likely N-dealkylation sites (tertiary alicyclic amines) is 1. The van der Waals surface area contributed by atoms with E-state index in [9.17, 15) is 14.7 Å². The summed E-state index contributed by atoms with van der Waals surface area (Å²) in [5, 5.41) is 12.2. The molecule has 164 valence electrons. The van der Waals surface area contributed by atoms with Crippen LogP contribution in [0.1, 0.15) is 49.8 Å². The Morgan fingerprint density at radius 1 is 1.12 bits per heavy atom. The van der Waals surface area contributed by atoms with Crippen LogP contribution in [0.3, 0.4) is 0 Å². The molecule has 1 aromatic heterocycles. The van der Waals surface area contributed by atoms with E-state index in [4.69, 9.17) is 4.74 Å². The molecule has 1 unspecified atom stereocenters. The summed E-state index contributed by atoms with van der Waals surface area (Å²) in [6.45, 7) is 2.43. The average molecular weight is 431 g/mol. The zero-order chi connectivity index (χ0) is 22.2. The molecule has 0 bridgehead atoms. The van der Waals surface area contributed by atoms with Crippen LogP contribution in [0, 0.1) is 0 Å². The topological polar surface area (TPSA) is 82.6 Å². The fourth-order valence-corrected chi connectivity index (χ4v) is 5.09. The maximum Gasteiger partial charge on any atom is 0.295 e. The van der Waals surface area contributed by atoms with Crippen LogP contribution in [0.25, 0.3) is 16.7 Å². The van der Waals surface area contributed by atoms with Crippen LogP contribution in [0.15, 0.2) is 60.3 Å². The van der Waals surface area contributed by atoms with Crippen molar-refractivity contribution in [3.63, 3.8) is 0 Å². The molecule has 0 radical (unpaired) electrons. The van der Waals surface area contributed by atoms with Gasteiger partial charge >= 0.3 is 0 Å². The van der Waals surface area contributed by atoms with Crippen LogP contribution < -0.4 is 4.74 Å². The highest BCUT2D eigenvalue weighted by Crippen LogP contribution is 2.44. The minimum Gasteiger partial charge on any atom is -0.507 e. The molecule has 1 aliphatic heterocycles. The minimum atomic E-state index is -0.646. The van der Waals surface area contributed by atoms with E-state index in [1.165, 1.54) is 0 Å². The summed E-state index contributed by atoms with van der Waals surface area (Å²) in [6, 6.07) is 14.4.